The summed E-state index contributed by atoms with van der Waals surface area (Å²) in [6, 6.07) is 2.05. The molecule has 1 atom stereocenters. The van der Waals surface area contributed by atoms with Crippen LogP contribution in [-0.4, -0.2) is 38.6 Å². The minimum atomic E-state index is -4.49. The van der Waals surface area contributed by atoms with E-state index in [2.05, 4.69) is 15.3 Å². The number of benzene rings is 1. The maximum absolute atomic E-state index is 12.9. The van der Waals surface area contributed by atoms with Crippen molar-refractivity contribution < 1.29 is 27.5 Å². The summed E-state index contributed by atoms with van der Waals surface area (Å²) in [5.41, 5.74) is -0.553. The number of esters is 1. The molecular weight excluding hydrogens is 409 g/mol. The van der Waals surface area contributed by atoms with Crippen molar-refractivity contribution in [2.45, 2.75) is 38.7 Å². The molecule has 1 aromatic carbocycles. The van der Waals surface area contributed by atoms with Gasteiger partial charge >= 0.3 is 12.1 Å². The fourth-order valence-electron chi connectivity index (χ4n) is 2.52. The highest BCUT2D eigenvalue weighted by atomic mass is 32.1. The van der Waals surface area contributed by atoms with Crippen LogP contribution < -0.4 is 5.32 Å². The zero-order valence-electron chi connectivity index (χ0n) is 15.4. The molecule has 0 radical (unpaired) electrons. The van der Waals surface area contributed by atoms with Gasteiger partial charge in [-0.3, -0.25) is 4.79 Å². The van der Waals surface area contributed by atoms with Crippen LogP contribution in [0.15, 0.2) is 36.9 Å². The van der Waals surface area contributed by atoms with Gasteiger partial charge in [-0.25, -0.2) is 14.8 Å². The van der Waals surface area contributed by atoms with Gasteiger partial charge in [0.2, 0.25) is 0 Å². The third kappa shape index (κ3) is 5.11. The van der Waals surface area contributed by atoms with Gasteiger partial charge in [-0.2, -0.15) is 13.2 Å². The van der Waals surface area contributed by atoms with Crippen LogP contribution in [0.1, 0.15) is 29.2 Å². The van der Waals surface area contributed by atoms with Crippen molar-refractivity contribution >= 4 is 33.4 Å². The van der Waals surface area contributed by atoms with Gasteiger partial charge in [-0.15, -0.1) is 11.3 Å². The van der Waals surface area contributed by atoms with Gasteiger partial charge in [0, 0.05) is 12.4 Å². The Morgan fingerprint density at radius 3 is 2.69 bits per heavy atom. The minimum Gasteiger partial charge on any atom is -0.461 e. The van der Waals surface area contributed by atoms with Crippen molar-refractivity contribution in [3.63, 3.8) is 0 Å². The topological polar surface area (TPSA) is 86.1 Å². The number of fused-ring (bicyclic) bond motifs is 1. The summed E-state index contributed by atoms with van der Waals surface area (Å²) < 4.78 is 45.6. The Bertz CT molecular complexity index is 1020. The second-order valence-electron chi connectivity index (χ2n) is 6.47. The molecule has 7 nitrogen and oxygen atoms in total. The fourth-order valence-corrected chi connectivity index (χ4v) is 3.43. The second-order valence-corrected chi connectivity index (χ2v) is 7.50. The molecule has 0 aliphatic heterocycles. The third-order valence-corrected chi connectivity index (χ3v) is 4.82. The van der Waals surface area contributed by atoms with Crippen LogP contribution in [-0.2, 0) is 22.3 Å². The van der Waals surface area contributed by atoms with Gasteiger partial charge < -0.3 is 14.6 Å². The van der Waals surface area contributed by atoms with E-state index in [4.69, 9.17) is 4.74 Å². The lowest BCUT2D eigenvalue weighted by molar-refractivity contribution is -0.150. The molecular formula is C18H17F3N4O3S. The number of carbonyl (C=O) groups is 2. The smallest absolute Gasteiger partial charge is 0.416 e. The standard InChI is InChI=1S/C18H17F3N4O3S/c1-10(2)28-17(27)13(8-25-6-5-22-9-25)23-15(26)16-24-12-4-3-11(18(19,20)21)7-14(12)29-16/h3-7,9-10,13H,8H2,1-2H3,(H,23,26)/t13-/m0/s1. The molecule has 2 heterocycles. The number of nitrogens with zero attached hydrogens (tertiary/aromatic N) is 3. The lowest BCUT2D eigenvalue weighted by Gasteiger charge is -2.19. The van der Waals surface area contributed by atoms with Crippen molar-refractivity contribution in [2.24, 2.45) is 0 Å². The summed E-state index contributed by atoms with van der Waals surface area (Å²) in [6.45, 7) is 3.44. The average molecular weight is 426 g/mol. The van der Waals surface area contributed by atoms with Gasteiger partial charge in [-0.05, 0) is 32.0 Å². The molecule has 2 aromatic heterocycles. The number of aromatic nitrogens is 3. The maximum atomic E-state index is 12.9. The molecule has 1 amide bonds. The number of imidazole rings is 1. The number of alkyl halides is 3. The number of halogens is 3. The highest BCUT2D eigenvalue weighted by Gasteiger charge is 2.31. The van der Waals surface area contributed by atoms with Crippen LogP contribution in [0.25, 0.3) is 10.2 Å². The molecule has 3 aromatic rings. The molecule has 0 saturated heterocycles. The first-order valence-electron chi connectivity index (χ1n) is 8.58. The van der Waals surface area contributed by atoms with Crippen LogP contribution in [0.4, 0.5) is 13.2 Å². The molecule has 0 fully saturated rings. The van der Waals surface area contributed by atoms with Gasteiger partial charge in [0.05, 0.1) is 34.8 Å². The van der Waals surface area contributed by atoms with E-state index in [9.17, 15) is 22.8 Å². The van der Waals surface area contributed by atoms with E-state index in [1.807, 2.05) is 0 Å². The zero-order valence-corrected chi connectivity index (χ0v) is 16.3. The van der Waals surface area contributed by atoms with Crippen molar-refractivity contribution in [3.05, 3.63) is 47.5 Å². The van der Waals surface area contributed by atoms with Gasteiger partial charge in [0.15, 0.2) is 5.01 Å². The number of nitrogens with one attached hydrogen (secondary N) is 1. The summed E-state index contributed by atoms with van der Waals surface area (Å²) >= 11 is 0.817. The first-order chi connectivity index (χ1) is 13.6. The minimum absolute atomic E-state index is 0.0488. The van der Waals surface area contributed by atoms with Gasteiger partial charge in [-0.1, -0.05) is 0 Å². The zero-order chi connectivity index (χ0) is 21.2. The Labute approximate surface area is 167 Å². The van der Waals surface area contributed by atoms with E-state index in [-0.39, 0.29) is 27.9 Å². The molecule has 3 rings (SSSR count). The van der Waals surface area contributed by atoms with Crippen LogP contribution >= 0.6 is 11.3 Å². The van der Waals surface area contributed by atoms with E-state index >= 15 is 0 Å². The first-order valence-corrected chi connectivity index (χ1v) is 9.40. The first kappa shape index (κ1) is 20.8. The number of thiazole rings is 1. The van der Waals surface area contributed by atoms with E-state index in [0.717, 1.165) is 23.5 Å². The van der Waals surface area contributed by atoms with Crippen LogP contribution in [0.5, 0.6) is 0 Å². The highest BCUT2D eigenvalue weighted by Crippen LogP contribution is 2.33. The molecule has 11 heteroatoms. The Kier molecular flexibility index (Phi) is 5.87. The molecule has 154 valence electrons. The monoisotopic (exact) mass is 426 g/mol. The second kappa shape index (κ2) is 8.19. The Morgan fingerprint density at radius 1 is 1.31 bits per heavy atom. The lowest BCUT2D eigenvalue weighted by Crippen LogP contribution is -2.45. The summed E-state index contributed by atoms with van der Waals surface area (Å²) in [5.74, 6) is -1.31. The van der Waals surface area contributed by atoms with Gasteiger partial charge in [0.1, 0.15) is 6.04 Å². The molecule has 0 aliphatic carbocycles. The molecule has 0 bridgehead atoms. The third-order valence-electron chi connectivity index (χ3n) is 3.80. The number of rotatable bonds is 6. The highest BCUT2D eigenvalue weighted by molar-refractivity contribution is 7.20. The van der Waals surface area contributed by atoms with Crippen molar-refractivity contribution in [3.8, 4) is 0 Å². The maximum Gasteiger partial charge on any atom is 0.416 e. The number of carbonyl (C=O) groups excluding carboxylic acids is 2. The van der Waals surface area contributed by atoms with Crippen molar-refractivity contribution in [1.29, 1.82) is 0 Å². The van der Waals surface area contributed by atoms with Crippen LogP contribution in [0, 0.1) is 0 Å². The summed E-state index contributed by atoms with van der Waals surface area (Å²) in [6.07, 6.45) is -0.237. The van der Waals surface area contributed by atoms with Crippen molar-refractivity contribution in [1.82, 2.24) is 19.9 Å². The SMILES string of the molecule is CC(C)OC(=O)[C@H](Cn1ccnc1)NC(=O)c1nc2ccc(C(F)(F)F)cc2s1. The normalized spacial score (nSPS) is 12.9. The predicted octanol–water partition coefficient (Wildman–Crippen LogP) is 3.26. The van der Waals surface area contributed by atoms with E-state index in [0.29, 0.717) is 0 Å². The molecule has 0 spiro atoms. The number of hydrogen-bond acceptors (Lipinski definition) is 6. The van der Waals surface area contributed by atoms with Crippen LogP contribution in [0.3, 0.4) is 0 Å². The molecule has 1 N–H and O–H groups in total. The summed E-state index contributed by atoms with van der Waals surface area (Å²) in [4.78, 5) is 32.9. The fraction of sp³-hybridized carbons (Fsp3) is 0.333. The molecule has 0 saturated carbocycles. The number of hydrogen-bond donors (Lipinski definition) is 1. The number of ether oxygens (including phenoxy) is 1. The summed E-state index contributed by atoms with van der Waals surface area (Å²) in [7, 11) is 0. The molecule has 29 heavy (non-hydrogen) atoms. The van der Waals surface area contributed by atoms with E-state index < -0.39 is 29.7 Å². The van der Waals surface area contributed by atoms with E-state index in [1.165, 1.54) is 18.6 Å². The largest absolute Gasteiger partial charge is 0.461 e. The van der Waals surface area contributed by atoms with E-state index in [1.54, 1.807) is 24.6 Å². The van der Waals surface area contributed by atoms with Crippen LogP contribution in [0.2, 0.25) is 0 Å². The summed E-state index contributed by atoms with van der Waals surface area (Å²) in [5, 5.41) is 2.50. The predicted molar refractivity (Wildman–Crippen MR) is 99.3 cm³/mol. The Morgan fingerprint density at radius 2 is 2.07 bits per heavy atom. The molecule has 0 aliphatic rings. The Balaban J connectivity index is 1.81. The van der Waals surface area contributed by atoms with Crippen molar-refractivity contribution in [2.75, 3.05) is 0 Å². The average Bonchev–Trinajstić information content (AvgIpc) is 3.28. The Hall–Kier alpha value is -2.95. The lowest BCUT2D eigenvalue weighted by atomic mass is 10.2. The number of amides is 1. The quantitative estimate of drug-likeness (QED) is 0.612. The molecule has 0 unspecified atom stereocenters. The van der Waals surface area contributed by atoms with Gasteiger partial charge in [0.25, 0.3) is 5.91 Å².